The van der Waals surface area contributed by atoms with Gasteiger partial charge in [0.25, 0.3) is 0 Å². The number of carbonyl (C=O) groups is 1. The molecule has 0 bridgehead atoms. The average molecular weight is 312 g/mol. The first-order valence-corrected chi connectivity index (χ1v) is 9.45. The minimum Gasteiger partial charge on any atom is -0.377 e. The minimum absolute atomic E-state index is 0.0707. The summed E-state index contributed by atoms with van der Waals surface area (Å²) in [7, 11) is 0. The van der Waals surface area contributed by atoms with Gasteiger partial charge in [-0.25, -0.2) is 0 Å². The Bertz CT molecular complexity index is 597. The summed E-state index contributed by atoms with van der Waals surface area (Å²) in [5.74, 6) is 5.77. The molecule has 4 aliphatic carbocycles. The molecule has 6 unspecified atom stereocenters. The molecule has 124 valence electrons. The molecule has 4 rings (SSSR count). The van der Waals surface area contributed by atoms with Gasteiger partial charge < -0.3 is 5.11 Å². The SMILES string of the molecule is C#CC1(O)CCC2C3CC=C4CC(=O)CCC4C3CCC21CC. The summed E-state index contributed by atoms with van der Waals surface area (Å²) in [6.07, 6.45) is 16.8. The van der Waals surface area contributed by atoms with Crippen molar-refractivity contribution in [3.63, 3.8) is 0 Å². The Kier molecular flexibility index (Phi) is 3.50. The molecule has 1 N–H and O–H groups in total. The van der Waals surface area contributed by atoms with E-state index in [1.165, 1.54) is 12.0 Å². The van der Waals surface area contributed by atoms with E-state index in [-0.39, 0.29) is 5.41 Å². The van der Waals surface area contributed by atoms with Crippen molar-refractivity contribution in [2.45, 2.75) is 70.3 Å². The first kappa shape index (κ1) is 15.5. The molecule has 0 heterocycles. The molecule has 0 aromatic carbocycles. The monoisotopic (exact) mass is 312 g/mol. The van der Waals surface area contributed by atoms with Crippen LogP contribution in [0.2, 0.25) is 0 Å². The number of fused-ring (bicyclic) bond motifs is 5. The zero-order valence-electron chi connectivity index (χ0n) is 14.2. The lowest BCUT2D eigenvalue weighted by Crippen LogP contribution is -2.53. The van der Waals surface area contributed by atoms with Gasteiger partial charge in [0.2, 0.25) is 0 Å². The third-order valence-electron chi connectivity index (χ3n) is 7.99. The van der Waals surface area contributed by atoms with E-state index in [9.17, 15) is 9.90 Å². The number of ketones is 1. The maximum atomic E-state index is 11.8. The van der Waals surface area contributed by atoms with Gasteiger partial charge in [-0.2, -0.15) is 0 Å². The van der Waals surface area contributed by atoms with Gasteiger partial charge in [-0.15, -0.1) is 6.42 Å². The van der Waals surface area contributed by atoms with E-state index >= 15 is 0 Å². The second-order valence-electron chi connectivity index (χ2n) is 8.40. The van der Waals surface area contributed by atoms with Crippen LogP contribution in [0.3, 0.4) is 0 Å². The van der Waals surface area contributed by atoms with E-state index in [4.69, 9.17) is 6.42 Å². The predicted octanol–water partition coefficient (Wildman–Crippen LogP) is 3.88. The Hall–Kier alpha value is -1.07. The Morgan fingerprint density at radius 3 is 2.87 bits per heavy atom. The van der Waals surface area contributed by atoms with Crippen LogP contribution in [-0.4, -0.2) is 16.5 Å². The van der Waals surface area contributed by atoms with Gasteiger partial charge in [0, 0.05) is 18.3 Å². The molecule has 0 saturated heterocycles. The average Bonchev–Trinajstić information content (AvgIpc) is 2.88. The molecule has 2 nitrogen and oxygen atoms in total. The third kappa shape index (κ3) is 1.96. The molecule has 0 spiro atoms. The normalized spacial score (nSPS) is 48.7. The lowest BCUT2D eigenvalue weighted by molar-refractivity contribution is -0.121. The highest BCUT2D eigenvalue weighted by molar-refractivity contribution is 5.82. The topological polar surface area (TPSA) is 37.3 Å². The molecule has 6 atom stereocenters. The Morgan fingerprint density at radius 2 is 2.13 bits per heavy atom. The number of aliphatic hydroxyl groups is 1. The molecule has 0 amide bonds. The van der Waals surface area contributed by atoms with Crippen LogP contribution in [0.4, 0.5) is 0 Å². The number of rotatable bonds is 1. The standard InChI is InChI=1S/C21H28O2/c1-3-20-11-9-17-16-8-6-15(22)13-14(16)5-7-18(17)19(20)10-12-21(20,23)4-2/h2,5,16-19,23H,3,6-13H2,1H3. The Morgan fingerprint density at radius 1 is 1.30 bits per heavy atom. The Balaban J connectivity index is 1.68. The number of hydrogen-bond acceptors (Lipinski definition) is 2. The Labute approximate surface area is 139 Å². The fourth-order valence-corrected chi connectivity index (χ4v) is 6.88. The van der Waals surface area contributed by atoms with Crippen LogP contribution < -0.4 is 0 Å². The highest BCUT2D eigenvalue weighted by Crippen LogP contribution is 2.65. The number of allylic oxidation sites excluding steroid dienone is 2. The van der Waals surface area contributed by atoms with Crippen molar-refractivity contribution in [2.24, 2.45) is 29.1 Å². The molecule has 4 aliphatic rings. The summed E-state index contributed by atoms with van der Waals surface area (Å²) < 4.78 is 0. The van der Waals surface area contributed by atoms with Crippen LogP contribution in [-0.2, 0) is 4.79 Å². The van der Waals surface area contributed by atoms with E-state index in [0.29, 0.717) is 35.9 Å². The van der Waals surface area contributed by atoms with Crippen LogP contribution in [0.5, 0.6) is 0 Å². The van der Waals surface area contributed by atoms with Gasteiger partial charge >= 0.3 is 0 Å². The highest BCUT2D eigenvalue weighted by atomic mass is 16.3. The predicted molar refractivity (Wildman–Crippen MR) is 90.5 cm³/mol. The highest BCUT2D eigenvalue weighted by Gasteiger charge is 2.63. The van der Waals surface area contributed by atoms with Crippen LogP contribution in [0.25, 0.3) is 0 Å². The quantitative estimate of drug-likeness (QED) is 0.589. The summed E-state index contributed by atoms with van der Waals surface area (Å²) in [6, 6.07) is 0. The van der Waals surface area contributed by atoms with Gasteiger partial charge in [-0.05, 0) is 68.6 Å². The number of carbonyl (C=O) groups excluding carboxylic acids is 1. The van der Waals surface area contributed by atoms with Crippen molar-refractivity contribution in [1.29, 1.82) is 0 Å². The fourth-order valence-electron chi connectivity index (χ4n) is 6.88. The number of Topliss-reactive ketones (excluding diaryl/α,β-unsaturated/α-hetero) is 1. The van der Waals surface area contributed by atoms with Crippen LogP contribution in [0.1, 0.15) is 64.7 Å². The molecule has 0 aromatic heterocycles. The van der Waals surface area contributed by atoms with Crippen LogP contribution >= 0.6 is 0 Å². The van der Waals surface area contributed by atoms with Crippen LogP contribution in [0.15, 0.2) is 11.6 Å². The van der Waals surface area contributed by atoms with Gasteiger partial charge in [0.1, 0.15) is 11.4 Å². The molecular weight excluding hydrogens is 284 g/mol. The van der Waals surface area contributed by atoms with Gasteiger partial charge in [0.15, 0.2) is 0 Å². The van der Waals surface area contributed by atoms with E-state index in [1.54, 1.807) is 0 Å². The minimum atomic E-state index is -0.899. The van der Waals surface area contributed by atoms with Gasteiger partial charge in [-0.1, -0.05) is 24.5 Å². The molecule has 3 saturated carbocycles. The molecule has 0 aromatic rings. The van der Waals surface area contributed by atoms with Crippen molar-refractivity contribution < 1.29 is 9.90 Å². The lowest BCUT2D eigenvalue weighted by atomic mass is 9.50. The first-order valence-electron chi connectivity index (χ1n) is 9.45. The van der Waals surface area contributed by atoms with Crippen molar-refractivity contribution in [1.82, 2.24) is 0 Å². The summed E-state index contributed by atoms with van der Waals surface area (Å²) >= 11 is 0. The summed E-state index contributed by atoms with van der Waals surface area (Å²) in [5, 5.41) is 11.1. The van der Waals surface area contributed by atoms with Crippen LogP contribution in [0, 0.1) is 41.4 Å². The second-order valence-corrected chi connectivity index (χ2v) is 8.40. The van der Waals surface area contributed by atoms with E-state index < -0.39 is 5.60 Å². The first-order chi connectivity index (χ1) is 11.0. The smallest absolute Gasteiger partial charge is 0.136 e. The van der Waals surface area contributed by atoms with Gasteiger partial charge in [-0.3, -0.25) is 4.79 Å². The second kappa shape index (κ2) is 5.21. The van der Waals surface area contributed by atoms with E-state index in [0.717, 1.165) is 44.9 Å². The number of hydrogen-bond donors (Lipinski definition) is 1. The number of terminal acetylenes is 1. The molecule has 3 fully saturated rings. The summed E-state index contributed by atoms with van der Waals surface area (Å²) in [6.45, 7) is 2.21. The lowest BCUT2D eigenvalue weighted by Gasteiger charge is -2.55. The third-order valence-corrected chi connectivity index (χ3v) is 7.99. The maximum Gasteiger partial charge on any atom is 0.136 e. The zero-order valence-corrected chi connectivity index (χ0v) is 14.2. The molecular formula is C21H28O2. The summed E-state index contributed by atoms with van der Waals surface area (Å²) in [4.78, 5) is 11.8. The van der Waals surface area contributed by atoms with Crippen molar-refractivity contribution in [3.05, 3.63) is 11.6 Å². The molecule has 2 heteroatoms. The largest absolute Gasteiger partial charge is 0.377 e. The van der Waals surface area contributed by atoms with Gasteiger partial charge in [0.05, 0.1) is 0 Å². The van der Waals surface area contributed by atoms with Crippen molar-refractivity contribution in [2.75, 3.05) is 0 Å². The molecule has 23 heavy (non-hydrogen) atoms. The van der Waals surface area contributed by atoms with E-state index in [1.807, 2.05) is 0 Å². The van der Waals surface area contributed by atoms with Crippen molar-refractivity contribution in [3.8, 4) is 12.3 Å². The zero-order chi connectivity index (χ0) is 16.2. The van der Waals surface area contributed by atoms with Crippen molar-refractivity contribution >= 4 is 5.78 Å². The molecule has 0 aliphatic heterocycles. The van der Waals surface area contributed by atoms with E-state index in [2.05, 4.69) is 18.9 Å². The summed E-state index contributed by atoms with van der Waals surface area (Å²) in [5.41, 5.74) is 0.458. The fraction of sp³-hybridized carbons (Fsp3) is 0.762. The maximum absolute atomic E-state index is 11.8. The molecule has 0 radical (unpaired) electrons.